The molecular formula is C16H17IO2. The molecule has 3 heteroatoms. The highest BCUT2D eigenvalue weighted by atomic mass is 127. The van der Waals surface area contributed by atoms with E-state index in [1.165, 1.54) is 0 Å². The maximum absolute atomic E-state index is 10.5. The van der Waals surface area contributed by atoms with Crippen LogP contribution in [0.5, 0.6) is 5.75 Å². The van der Waals surface area contributed by atoms with Crippen LogP contribution in [0, 0.1) is 3.57 Å². The van der Waals surface area contributed by atoms with Gasteiger partial charge in [-0.15, -0.1) is 0 Å². The molecule has 0 aliphatic carbocycles. The number of hydrogen-bond acceptors (Lipinski definition) is 2. The predicted octanol–water partition coefficient (Wildman–Crippen LogP) is 4.16. The van der Waals surface area contributed by atoms with E-state index in [1.54, 1.807) is 0 Å². The molecule has 2 nitrogen and oxygen atoms in total. The summed E-state index contributed by atoms with van der Waals surface area (Å²) >= 11 is 2.24. The van der Waals surface area contributed by atoms with Crippen molar-refractivity contribution in [3.63, 3.8) is 0 Å². The first-order valence-electron chi connectivity index (χ1n) is 6.27. The molecule has 2 aromatic carbocycles. The van der Waals surface area contributed by atoms with Gasteiger partial charge in [0.15, 0.2) is 0 Å². The summed E-state index contributed by atoms with van der Waals surface area (Å²) in [5.41, 5.74) is 1.69. The number of aliphatic hydroxyl groups is 1. The predicted molar refractivity (Wildman–Crippen MR) is 85.4 cm³/mol. The first-order valence-corrected chi connectivity index (χ1v) is 7.35. The molecule has 0 aromatic heterocycles. The van der Waals surface area contributed by atoms with Crippen LogP contribution in [0.3, 0.4) is 0 Å². The quantitative estimate of drug-likeness (QED) is 0.822. The third-order valence-corrected chi connectivity index (χ3v) is 3.41. The topological polar surface area (TPSA) is 29.5 Å². The van der Waals surface area contributed by atoms with E-state index in [-0.39, 0.29) is 6.10 Å². The minimum absolute atomic E-state index is 0.0873. The highest BCUT2D eigenvalue weighted by Crippen LogP contribution is 2.30. The lowest BCUT2D eigenvalue weighted by atomic mass is 10.0. The van der Waals surface area contributed by atoms with Crippen LogP contribution < -0.4 is 4.74 Å². The van der Waals surface area contributed by atoms with E-state index in [0.717, 1.165) is 20.4 Å². The molecule has 0 spiro atoms. The second kappa shape index (κ2) is 6.39. The molecule has 0 fully saturated rings. The zero-order chi connectivity index (χ0) is 13.8. The molecule has 0 aliphatic heterocycles. The standard InChI is InChI=1S/C16H17IO2/c1-11(2)19-15-9-4-3-8-14(15)16(18)12-6-5-7-13(17)10-12/h3-11,16,18H,1-2H3. The maximum Gasteiger partial charge on any atom is 0.125 e. The number of hydrogen-bond donors (Lipinski definition) is 1. The molecule has 2 aromatic rings. The van der Waals surface area contributed by atoms with Crippen molar-refractivity contribution in [2.24, 2.45) is 0 Å². The van der Waals surface area contributed by atoms with E-state index in [4.69, 9.17) is 4.74 Å². The van der Waals surface area contributed by atoms with Crippen LogP contribution in [0.1, 0.15) is 31.1 Å². The summed E-state index contributed by atoms with van der Waals surface area (Å²) < 4.78 is 6.86. The van der Waals surface area contributed by atoms with Gasteiger partial charge in [0, 0.05) is 9.13 Å². The summed E-state index contributed by atoms with van der Waals surface area (Å²) in [5, 5.41) is 10.5. The van der Waals surface area contributed by atoms with E-state index >= 15 is 0 Å². The van der Waals surface area contributed by atoms with E-state index in [1.807, 2.05) is 62.4 Å². The summed E-state index contributed by atoms with van der Waals surface area (Å²) in [6.07, 6.45) is -0.575. The summed E-state index contributed by atoms with van der Waals surface area (Å²) in [4.78, 5) is 0. The van der Waals surface area contributed by atoms with Gasteiger partial charge in [0.2, 0.25) is 0 Å². The van der Waals surface area contributed by atoms with Crippen molar-refractivity contribution in [3.8, 4) is 5.75 Å². The van der Waals surface area contributed by atoms with Crippen LogP contribution in [0.4, 0.5) is 0 Å². The minimum Gasteiger partial charge on any atom is -0.491 e. The third-order valence-electron chi connectivity index (χ3n) is 2.74. The Morgan fingerprint density at radius 2 is 1.79 bits per heavy atom. The second-order valence-corrected chi connectivity index (χ2v) is 5.91. The van der Waals surface area contributed by atoms with Gasteiger partial charge in [0.05, 0.1) is 6.10 Å². The van der Waals surface area contributed by atoms with Gasteiger partial charge in [-0.05, 0) is 60.2 Å². The van der Waals surface area contributed by atoms with Gasteiger partial charge in [-0.25, -0.2) is 0 Å². The van der Waals surface area contributed by atoms with Gasteiger partial charge in [0.25, 0.3) is 0 Å². The zero-order valence-electron chi connectivity index (χ0n) is 11.0. The molecular weight excluding hydrogens is 351 g/mol. The lowest BCUT2D eigenvalue weighted by Gasteiger charge is -2.18. The van der Waals surface area contributed by atoms with Crippen LogP contribution in [0.15, 0.2) is 48.5 Å². The molecule has 1 N–H and O–H groups in total. The Bertz CT molecular complexity index is 552. The van der Waals surface area contributed by atoms with Crippen LogP contribution in [0.25, 0.3) is 0 Å². The van der Waals surface area contributed by atoms with Crippen molar-refractivity contribution >= 4 is 22.6 Å². The molecule has 100 valence electrons. The Balaban J connectivity index is 2.35. The Hall–Kier alpha value is -1.07. The molecule has 0 saturated carbocycles. The fourth-order valence-corrected chi connectivity index (χ4v) is 2.49. The largest absolute Gasteiger partial charge is 0.491 e. The molecule has 0 bridgehead atoms. The lowest BCUT2D eigenvalue weighted by Crippen LogP contribution is -2.10. The molecule has 0 saturated heterocycles. The third kappa shape index (κ3) is 3.70. The van der Waals surface area contributed by atoms with Gasteiger partial charge in [-0.1, -0.05) is 30.3 Å². The van der Waals surface area contributed by atoms with Gasteiger partial charge >= 0.3 is 0 Å². The van der Waals surface area contributed by atoms with E-state index in [0.29, 0.717) is 0 Å². The number of benzene rings is 2. The van der Waals surface area contributed by atoms with E-state index in [9.17, 15) is 5.11 Å². The van der Waals surface area contributed by atoms with Gasteiger partial charge < -0.3 is 9.84 Å². The SMILES string of the molecule is CC(C)Oc1ccccc1C(O)c1cccc(I)c1. The molecule has 1 atom stereocenters. The van der Waals surface area contributed by atoms with Crippen LogP contribution in [-0.4, -0.2) is 11.2 Å². The van der Waals surface area contributed by atoms with Crippen LogP contribution in [-0.2, 0) is 0 Å². The van der Waals surface area contributed by atoms with Crippen molar-refractivity contribution in [3.05, 3.63) is 63.2 Å². The molecule has 0 radical (unpaired) electrons. The zero-order valence-corrected chi connectivity index (χ0v) is 13.2. The molecule has 2 rings (SSSR count). The number of rotatable bonds is 4. The molecule has 0 amide bonds. The van der Waals surface area contributed by atoms with Crippen molar-refractivity contribution in [1.82, 2.24) is 0 Å². The number of ether oxygens (including phenoxy) is 1. The second-order valence-electron chi connectivity index (χ2n) is 4.66. The Labute approximate surface area is 127 Å². The normalized spacial score (nSPS) is 12.5. The first-order chi connectivity index (χ1) is 9.08. The summed E-state index contributed by atoms with van der Waals surface area (Å²) in [7, 11) is 0. The molecule has 19 heavy (non-hydrogen) atoms. The van der Waals surface area contributed by atoms with Crippen LogP contribution in [0.2, 0.25) is 0 Å². The monoisotopic (exact) mass is 368 g/mol. The Morgan fingerprint density at radius 3 is 2.47 bits per heavy atom. The van der Waals surface area contributed by atoms with Crippen molar-refractivity contribution < 1.29 is 9.84 Å². The summed E-state index contributed by atoms with van der Waals surface area (Å²) in [5.74, 6) is 0.740. The van der Waals surface area contributed by atoms with Gasteiger partial charge in [-0.3, -0.25) is 0 Å². The van der Waals surface area contributed by atoms with E-state index < -0.39 is 6.10 Å². The number of aliphatic hydroxyl groups excluding tert-OH is 1. The Morgan fingerprint density at radius 1 is 1.05 bits per heavy atom. The van der Waals surface area contributed by atoms with Gasteiger partial charge in [0.1, 0.15) is 11.9 Å². The van der Waals surface area contributed by atoms with Gasteiger partial charge in [-0.2, -0.15) is 0 Å². The maximum atomic E-state index is 10.5. The Kier molecular flexibility index (Phi) is 4.82. The average molecular weight is 368 g/mol. The number of para-hydroxylation sites is 1. The molecule has 0 aliphatic rings. The smallest absolute Gasteiger partial charge is 0.125 e. The fraction of sp³-hybridized carbons (Fsp3) is 0.250. The molecule has 1 unspecified atom stereocenters. The molecule has 0 heterocycles. The van der Waals surface area contributed by atoms with Crippen molar-refractivity contribution in [2.45, 2.75) is 26.1 Å². The fourth-order valence-electron chi connectivity index (χ4n) is 1.92. The average Bonchev–Trinajstić information content (AvgIpc) is 2.38. The summed E-state index contributed by atoms with van der Waals surface area (Å²) in [6.45, 7) is 3.96. The summed E-state index contributed by atoms with van der Waals surface area (Å²) in [6, 6.07) is 15.5. The van der Waals surface area contributed by atoms with Crippen molar-refractivity contribution in [2.75, 3.05) is 0 Å². The number of halogens is 1. The van der Waals surface area contributed by atoms with Crippen molar-refractivity contribution in [1.29, 1.82) is 0 Å². The highest BCUT2D eigenvalue weighted by molar-refractivity contribution is 14.1. The first kappa shape index (κ1) is 14.3. The minimum atomic E-state index is -0.662. The highest BCUT2D eigenvalue weighted by Gasteiger charge is 2.16. The lowest BCUT2D eigenvalue weighted by molar-refractivity contribution is 0.198. The van der Waals surface area contributed by atoms with E-state index in [2.05, 4.69) is 22.6 Å². The van der Waals surface area contributed by atoms with Crippen LogP contribution >= 0.6 is 22.6 Å².